The molecule has 36 heavy (non-hydrogen) atoms. The van der Waals surface area contributed by atoms with Gasteiger partial charge >= 0.3 is 0 Å². The van der Waals surface area contributed by atoms with Gasteiger partial charge in [0.25, 0.3) is 0 Å². The van der Waals surface area contributed by atoms with Gasteiger partial charge < -0.3 is 10.2 Å². The van der Waals surface area contributed by atoms with Crippen LogP contribution in [0.5, 0.6) is 0 Å². The van der Waals surface area contributed by atoms with Crippen LogP contribution in [0.2, 0.25) is 0 Å². The molecular weight excluding hydrogens is 451 g/mol. The lowest BCUT2D eigenvalue weighted by Crippen LogP contribution is -2.52. The molecule has 2 amide bonds. The second-order valence-corrected chi connectivity index (χ2v) is 9.68. The van der Waals surface area contributed by atoms with Crippen molar-refractivity contribution < 1.29 is 14.0 Å². The third kappa shape index (κ3) is 7.51. The molecule has 0 heterocycles. The summed E-state index contributed by atoms with van der Waals surface area (Å²) in [5, 5.41) is 3.25. The molecular formula is C31H35FN2O2. The zero-order valence-electron chi connectivity index (χ0n) is 20.7. The molecule has 1 aliphatic carbocycles. The van der Waals surface area contributed by atoms with E-state index < -0.39 is 6.04 Å². The zero-order valence-corrected chi connectivity index (χ0v) is 20.7. The molecule has 188 valence electrons. The van der Waals surface area contributed by atoms with E-state index in [1.165, 1.54) is 18.6 Å². The Bertz CT molecular complexity index is 1100. The Balaban J connectivity index is 1.60. The summed E-state index contributed by atoms with van der Waals surface area (Å²) in [5.74, 6) is -0.514. The molecule has 1 N–H and O–H groups in total. The van der Waals surface area contributed by atoms with Crippen molar-refractivity contribution in [2.45, 2.75) is 70.0 Å². The maximum atomic E-state index is 13.7. The third-order valence-electron chi connectivity index (χ3n) is 6.96. The highest BCUT2D eigenvalue weighted by molar-refractivity contribution is 5.88. The Kier molecular flexibility index (Phi) is 9.26. The maximum Gasteiger partial charge on any atom is 0.243 e. The van der Waals surface area contributed by atoms with Crippen molar-refractivity contribution in [1.29, 1.82) is 0 Å². The molecule has 1 atom stereocenters. The van der Waals surface area contributed by atoms with E-state index in [-0.39, 0.29) is 30.2 Å². The Morgan fingerprint density at radius 1 is 0.806 bits per heavy atom. The summed E-state index contributed by atoms with van der Waals surface area (Å²) in [7, 11) is 0. The number of carbonyl (C=O) groups is 2. The first-order chi connectivity index (χ1) is 17.6. The maximum absolute atomic E-state index is 13.7. The first-order valence-electron chi connectivity index (χ1n) is 13.0. The van der Waals surface area contributed by atoms with Gasteiger partial charge in [0, 0.05) is 25.4 Å². The topological polar surface area (TPSA) is 49.4 Å². The molecule has 0 radical (unpaired) electrons. The third-order valence-corrected chi connectivity index (χ3v) is 6.96. The van der Waals surface area contributed by atoms with Crippen LogP contribution in [0, 0.1) is 5.82 Å². The van der Waals surface area contributed by atoms with E-state index in [1.54, 1.807) is 17.0 Å². The van der Waals surface area contributed by atoms with E-state index >= 15 is 0 Å². The number of aryl methyl sites for hydroxylation is 1. The number of carbonyl (C=O) groups excluding carboxylic acids is 2. The number of hydrogen-bond donors (Lipinski definition) is 1. The lowest BCUT2D eigenvalue weighted by Gasteiger charge is -2.33. The second kappa shape index (κ2) is 13.0. The van der Waals surface area contributed by atoms with Gasteiger partial charge in [-0.2, -0.15) is 0 Å². The molecule has 3 aromatic rings. The molecule has 1 fully saturated rings. The fourth-order valence-electron chi connectivity index (χ4n) is 4.92. The monoisotopic (exact) mass is 486 g/mol. The fourth-order valence-corrected chi connectivity index (χ4v) is 4.92. The predicted molar refractivity (Wildman–Crippen MR) is 141 cm³/mol. The minimum Gasteiger partial charge on any atom is -0.352 e. The van der Waals surface area contributed by atoms with Crippen molar-refractivity contribution in [3.8, 4) is 0 Å². The quantitative estimate of drug-likeness (QED) is 0.391. The van der Waals surface area contributed by atoms with Gasteiger partial charge in [-0.3, -0.25) is 9.59 Å². The van der Waals surface area contributed by atoms with Gasteiger partial charge in [0.1, 0.15) is 11.9 Å². The molecule has 4 rings (SSSR count). The number of halogens is 1. The van der Waals surface area contributed by atoms with Crippen LogP contribution in [0.15, 0.2) is 84.9 Å². The van der Waals surface area contributed by atoms with Crippen LogP contribution in [-0.2, 0) is 29.0 Å². The largest absolute Gasteiger partial charge is 0.352 e. The van der Waals surface area contributed by atoms with Crippen LogP contribution in [0.25, 0.3) is 0 Å². The molecule has 0 spiro atoms. The lowest BCUT2D eigenvalue weighted by atomic mass is 9.94. The van der Waals surface area contributed by atoms with Crippen LogP contribution in [0.3, 0.4) is 0 Å². The van der Waals surface area contributed by atoms with Crippen molar-refractivity contribution in [1.82, 2.24) is 10.2 Å². The minimum atomic E-state index is -0.650. The fraction of sp³-hybridized carbons (Fsp3) is 0.355. The van der Waals surface area contributed by atoms with Crippen molar-refractivity contribution in [3.05, 3.63) is 107 Å². The van der Waals surface area contributed by atoms with E-state index in [4.69, 9.17) is 0 Å². The summed E-state index contributed by atoms with van der Waals surface area (Å²) in [5.41, 5.74) is 2.88. The number of amides is 2. The van der Waals surface area contributed by atoms with Gasteiger partial charge in [-0.25, -0.2) is 4.39 Å². The number of nitrogens with zero attached hydrogens (tertiary/aromatic N) is 1. The Morgan fingerprint density at radius 3 is 2.06 bits per heavy atom. The number of hydrogen-bond acceptors (Lipinski definition) is 2. The smallest absolute Gasteiger partial charge is 0.243 e. The van der Waals surface area contributed by atoms with Gasteiger partial charge in [-0.05, 0) is 48.1 Å². The van der Waals surface area contributed by atoms with Crippen molar-refractivity contribution in [2.75, 3.05) is 0 Å². The summed E-state index contributed by atoms with van der Waals surface area (Å²) in [6.07, 6.45) is 6.71. The lowest BCUT2D eigenvalue weighted by molar-refractivity contribution is -0.141. The van der Waals surface area contributed by atoms with Crippen molar-refractivity contribution in [2.24, 2.45) is 0 Å². The molecule has 0 saturated heterocycles. The van der Waals surface area contributed by atoms with Gasteiger partial charge in [-0.1, -0.05) is 92.1 Å². The molecule has 0 aliphatic heterocycles. The standard InChI is InChI=1S/C31H35FN2O2/c32-27-19-16-26(17-20-27)23-34(30(35)21-18-24-10-4-1-5-11-24)29(22-25-12-6-2-7-13-25)31(36)33-28-14-8-3-9-15-28/h1-2,4-7,10-13,16-17,19-20,28-29H,3,8-9,14-15,18,21-23H2,(H,33,36)/t29-/m1/s1. The minimum absolute atomic E-state index is 0.0806. The van der Waals surface area contributed by atoms with Crippen LogP contribution in [-0.4, -0.2) is 28.8 Å². The summed E-state index contributed by atoms with van der Waals surface area (Å²) in [4.78, 5) is 29.1. The average molecular weight is 487 g/mol. The Morgan fingerprint density at radius 2 is 1.42 bits per heavy atom. The van der Waals surface area contributed by atoms with E-state index in [2.05, 4.69) is 5.32 Å². The first kappa shape index (κ1) is 25.6. The Labute approximate surface area is 213 Å². The summed E-state index contributed by atoms with van der Waals surface area (Å²) in [6, 6.07) is 25.4. The second-order valence-electron chi connectivity index (χ2n) is 9.68. The van der Waals surface area contributed by atoms with Gasteiger partial charge in [0.15, 0.2) is 0 Å². The van der Waals surface area contributed by atoms with Crippen LogP contribution in [0.1, 0.15) is 55.2 Å². The van der Waals surface area contributed by atoms with Crippen LogP contribution < -0.4 is 5.32 Å². The molecule has 0 unspecified atom stereocenters. The van der Waals surface area contributed by atoms with E-state index in [0.29, 0.717) is 19.3 Å². The van der Waals surface area contributed by atoms with Gasteiger partial charge in [0.2, 0.25) is 11.8 Å². The number of rotatable bonds is 10. The highest BCUT2D eigenvalue weighted by Gasteiger charge is 2.31. The highest BCUT2D eigenvalue weighted by Crippen LogP contribution is 2.20. The van der Waals surface area contributed by atoms with E-state index in [9.17, 15) is 14.0 Å². The van der Waals surface area contributed by atoms with E-state index in [1.807, 2.05) is 60.7 Å². The molecule has 0 bridgehead atoms. The van der Waals surface area contributed by atoms with Crippen LogP contribution >= 0.6 is 0 Å². The summed E-state index contributed by atoms with van der Waals surface area (Å²) in [6.45, 7) is 0.253. The molecule has 1 saturated carbocycles. The average Bonchev–Trinajstić information content (AvgIpc) is 2.92. The van der Waals surface area contributed by atoms with Crippen molar-refractivity contribution in [3.63, 3.8) is 0 Å². The SMILES string of the molecule is O=C(NC1CCCCC1)[C@@H](Cc1ccccc1)N(Cc1ccc(F)cc1)C(=O)CCc1ccccc1. The zero-order chi connectivity index (χ0) is 25.2. The van der Waals surface area contributed by atoms with Crippen LogP contribution in [0.4, 0.5) is 4.39 Å². The summed E-state index contributed by atoms with van der Waals surface area (Å²) < 4.78 is 13.6. The predicted octanol–water partition coefficient (Wildman–Crippen LogP) is 5.85. The molecule has 4 nitrogen and oxygen atoms in total. The number of benzene rings is 3. The summed E-state index contributed by atoms with van der Waals surface area (Å²) >= 11 is 0. The number of nitrogens with one attached hydrogen (secondary N) is 1. The van der Waals surface area contributed by atoms with Crippen molar-refractivity contribution >= 4 is 11.8 Å². The van der Waals surface area contributed by atoms with Gasteiger partial charge in [0.05, 0.1) is 0 Å². The van der Waals surface area contributed by atoms with E-state index in [0.717, 1.165) is 42.4 Å². The normalized spacial score (nSPS) is 14.7. The van der Waals surface area contributed by atoms with Gasteiger partial charge in [-0.15, -0.1) is 0 Å². The highest BCUT2D eigenvalue weighted by atomic mass is 19.1. The molecule has 5 heteroatoms. The molecule has 1 aliphatic rings. The molecule has 0 aromatic heterocycles. The first-order valence-corrected chi connectivity index (χ1v) is 13.0. The Hall–Kier alpha value is -3.47. The molecule has 3 aromatic carbocycles.